The van der Waals surface area contributed by atoms with Gasteiger partial charge in [-0.25, -0.2) is 17.6 Å². The van der Waals surface area contributed by atoms with Gasteiger partial charge in [0.1, 0.15) is 23.3 Å². The fourth-order valence-electron chi connectivity index (χ4n) is 1.42. The highest BCUT2D eigenvalue weighted by molar-refractivity contribution is 7.55. The molecule has 0 fully saturated rings. The fraction of sp³-hybridized carbons (Fsp3) is 0.143. The van der Waals surface area contributed by atoms with Crippen LogP contribution >= 0.6 is 8.58 Å². The highest BCUT2D eigenvalue weighted by Gasteiger charge is 2.04. The normalized spacial score (nSPS) is 9.90. The lowest BCUT2D eigenvalue weighted by atomic mass is 10.3. The molecule has 2 aromatic rings. The van der Waals surface area contributed by atoms with Gasteiger partial charge in [-0.2, -0.15) is 0 Å². The van der Waals surface area contributed by atoms with Crippen molar-refractivity contribution in [2.24, 2.45) is 0 Å². The third kappa shape index (κ3) is 5.68. The SMILES string of the molecule is CNC.Fc1cc(F)cc(Pc2cc(F)cc(F)c2)c1. The second-order valence-electron chi connectivity index (χ2n) is 3.94. The Bertz CT molecular complexity index is 485. The summed E-state index contributed by atoms with van der Waals surface area (Å²) >= 11 is 0. The van der Waals surface area contributed by atoms with Crippen molar-refractivity contribution in [2.45, 2.75) is 0 Å². The molecule has 0 heterocycles. The van der Waals surface area contributed by atoms with Crippen LogP contribution in [0.2, 0.25) is 0 Å². The maximum absolute atomic E-state index is 12.9. The minimum atomic E-state index is -0.704. The van der Waals surface area contributed by atoms with Gasteiger partial charge in [0.25, 0.3) is 0 Å². The topological polar surface area (TPSA) is 12.0 Å². The average molecular weight is 303 g/mol. The Hall–Kier alpha value is -1.45. The van der Waals surface area contributed by atoms with Gasteiger partial charge < -0.3 is 5.32 Å². The molecule has 1 nitrogen and oxygen atoms in total. The average Bonchev–Trinajstić information content (AvgIpc) is 2.26. The highest BCUT2D eigenvalue weighted by atomic mass is 31.1. The Morgan fingerprint density at radius 3 is 1.15 bits per heavy atom. The Labute approximate surface area is 116 Å². The van der Waals surface area contributed by atoms with Crippen molar-refractivity contribution in [3.8, 4) is 0 Å². The summed E-state index contributed by atoms with van der Waals surface area (Å²) in [6.45, 7) is 0. The smallest absolute Gasteiger partial charge is 0.126 e. The van der Waals surface area contributed by atoms with E-state index in [1.807, 2.05) is 14.1 Å². The van der Waals surface area contributed by atoms with Crippen LogP contribution in [0.25, 0.3) is 0 Å². The Balaban J connectivity index is 0.000000612. The molecule has 0 saturated carbocycles. The van der Waals surface area contributed by atoms with Crippen LogP contribution in [-0.2, 0) is 0 Å². The number of hydrogen-bond acceptors (Lipinski definition) is 1. The molecule has 0 radical (unpaired) electrons. The molecular weight excluding hydrogens is 289 g/mol. The number of hydrogen-bond donors (Lipinski definition) is 1. The molecule has 0 atom stereocenters. The number of nitrogens with one attached hydrogen (secondary N) is 1. The van der Waals surface area contributed by atoms with E-state index >= 15 is 0 Å². The minimum absolute atomic E-state index is 0.198. The lowest BCUT2D eigenvalue weighted by Crippen LogP contribution is -2.06. The molecule has 0 aromatic heterocycles. The first kappa shape index (κ1) is 16.6. The number of benzene rings is 2. The molecule has 2 rings (SSSR count). The lowest BCUT2D eigenvalue weighted by Gasteiger charge is -2.03. The lowest BCUT2D eigenvalue weighted by molar-refractivity contribution is 0.585. The van der Waals surface area contributed by atoms with Gasteiger partial charge in [0.15, 0.2) is 0 Å². The zero-order valence-corrected chi connectivity index (χ0v) is 12.0. The summed E-state index contributed by atoms with van der Waals surface area (Å²) in [5, 5.41) is 3.46. The van der Waals surface area contributed by atoms with E-state index < -0.39 is 23.3 Å². The summed E-state index contributed by atoms with van der Waals surface area (Å²) in [5.41, 5.74) is 0. The van der Waals surface area contributed by atoms with E-state index in [0.29, 0.717) is 10.6 Å². The number of rotatable bonds is 2. The molecule has 0 aliphatic carbocycles. The van der Waals surface area contributed by atoms with E-state index in [2.05, 4.69) is 5.32 Å². The molecule has 0 aliphatic heterocycles. The Morgan fingerprint density at radius 2 is 0.900 bits per heavy atom. The van der Waals surface area contributed by atoms with Crippen molar-refractivity contribution in [1.29, 1.82) is 0 Å². The molecule has 0 spiro atoms. The third-order valence-corrected chi connectivity index (χ3v) is 3.17. The van der Waals surface area contributed by atoms with Gasteiger partial charge in [0, 0.05) is 12.1 Å². The Kier molecular flexibility index (Phi) is 6.62. The molecule has 0 aliphatic rings. The maximum atomic E-state index is 12.9. The predicted molar refractivity (Wildman–Crippen MR) is 75.3 cm³/mol. The van der Waals surface area contributed by atoms with Gasteiger partial charge in [-0.3, -0.25) is 0 Å². The van der Waals surface area contributed by atoms with Crippen LogP contribution in [0.15, 0.2) is 36.4 Å². The van der Waals surface area contributed by atoms with Crippen molar-refractivity contribution in [3.63, 3.8) is 0 Å². The van der Waals surface area contributed by atoms with E-state index in [1.54, 1.807) is 0 Å². The molecule has 0 saturated heterocycles. The second kappa shape index (κ2) is 7.98. The summed E-state index contributed by atoms with van der Waals surface area (Å²) < 4.78 is 51.6. The van der Waals surface area contributed by atoms with Crippen LogP contribution in [0.5, 0.6) is 0 Å². The first-order chi connectivity index (χ1) is 9.44. The third-order valence-electron chi connectivity index (χ3n) is 2.01. The first-order valence-corrected chi connectivity index (χ1v) is 6.72. The van der Waals surface area contributed by atoms with Gasteiger partial charge in [-0.15, -0.1) is 0 Å². The van der Waals surface area contributed by atoms with Crippen molar-refractivity contribution < 1.29 is 17.6 Å². The summed E-state index contributed by atoms with van der Waals surface area (Å²) in [5.74, 6) is -2.82. The van der Waals surface area contributed by atoms with Gasteiger partial charge in [0.2, 0.25) is 0 Å². The van der Waals surface area contributed by atoms with Crippen molar-refractivity contribution >= 4 is 19.2 Å². The molecule has 1 N–H and O–H groups in total. The molecule has 0 bridgehead atoms. The van der Waals surface area contributed by atoms with E-state index in [0.717, 1.165) is 36.4 Å². The Morgan fingerprint density at radius 1 is 0.650 bits per heavy atom. The molecule has 2 aromatic carbocycles. The molecular formula is C14H14F4NP. The van der Waals surface area contributed by atoms with Gasteiger partial charge in [-0.05, 0) is 49.0 Å². The van der Waals surface area contributed by atoms with E-state index in [-0.39, 0.29) is 8.58 Å². The molecule has 108 valence electrons. The summed E-state index contributed by atoms with van der Waals surface area (Å²) in [6.07, 6.45) is 0. The summed E-state index contributed by atoms with van der Waals surface area (Å²) in [6, 6.07) is 6.07. The van der Waals surface area contributed by atoms with Crippen LogP contribution < -0.4 is 15.9 Å². The summed E-state index contributed by atoms with van der Waals surface area (Å²) in [7, 11) is 3.55. The molecule has 6 heteroatoms. The zero-order chi connectivity index (χ0) is 15.1. The van der Waals surface area contributed by atoms with Crippen molar-refractivity contribution in [3.05, 3.63) is 59.7 Å². The van der Waals surface area contributed by atoms with Crippen LogP contribution in [0, 0.1) is 23.3 Å². The first-order valence-electron chi connectivity index (χ1n) is 5.72. The maximum Gasteiger partial charge on any atom is 0.126 e. The minimum Gasteiger partial charge on any atom is -0.323 e. The van der Waals surface area contributed by atoms with E-state index in [1.165, 1.54) is 0 Å². The fourth-order valence-corrected chi connectivity index (χ4v) is 2.59. The van der Waals surface area contributed by atoms with Crippen LogP contribution in [0.4, 0.5) is 17.6 Å². The molecule has 0 unspecified atom stereocenters. The van der Waals surface area contributed by atoms with Crippen molar-refractivity contribution in [2.75, 3.05) is 14.1 Å². The monoisotopic (exact) mass is 303 g/mol. The zero-order valence-electron chi connectivity index (χ0n) is 11.0. The van der Waals surface area contributed by atoms with Crippen LogP contribution in [-0.4, -0.2) is 14.1 Å². The van der Waals surface area contributed by atoms with Gasteiger partial charge in [0.05, 0.1) is 0 Å². The van der Waals surface area contributed by atoms with E-state index in [4.69, 9.17) is 0 Å². The predicted octanol–water partition coefficient (Wildman–Crippen LogP) is 2.71. The molecule has 20 heavy (non-hydrogen) atoms. The quantitative estimate of drug-likeness (QED) is 0.664. The second-order valence-corrected chi connectivity index (χ2v) is 5.35. The summed E-state index contributed by atoms with van der Waals surface area (Å²) in [4.78, 5) is 0. The van der Waals surface area contributed by atoms with Crippen molar-refractivity contribution in [1.82, 2.24) is 5.32 Å². The van der Waals surface area contributed by atoms with Gasteiger partial charge >= 0.3 is 0 Å². The largest absolute Gasteiger partial charge is 0.323 e. The van der Waals surface area contributed by atoms with Gasteiger partial charge in [-0.1, -0.05) is 8.58 Å². The van der Waals surface area contributed by atoms with Crippen LogP contribution in [0.1, 0.15) is 0 Å². The molecule has 0 amide bonds. The standard InChI is InChI=1S/C12H7F4P.C2H7N/c13-7-1-8(14)4-11(3-7)17-12-5-9(15)2-10(16)6-12;1-3-2/h1-6,17H;3H,1-2H3. The number of halogens is 4. The highest BCUT2D eigenvalue weighted by Crippen LogP contribution is 2.14. The van der Waals surface area contributed by atoms with E-state index in [9.17, 15) is 17.6 Å². The van der Waals surface area contributed by atoms with Crippen LogP contribution in [0.3, 0.4) is 0 Å².